The number of aromatic nitrogens is 3. The molecule has 0 spiro atoms. The van der Waals surface area contributed by atoms with Gasteiger partial charge in [0.1, 0.15) is 0 Å². The largest absolute Gasteiger partial charge is 0.350 e. The minimum absolute atomic E-state index is 0.228. The Morgan fingerprint density at radius 2 is 2.56 bits per heavy atom. The quantitative estimate of drug-likeness (QED) is 0.512. The van der Waals surface area contributed by atoms with Crippen LogP contribution < -0.4 is 10.6 Å². The maximum absolute atomic E-state index is 11.6. The number of nitrogens with one attached hydrogen (secondary N) is 2. The Balaban J connectivity index is 1.90. The van der Waals surface area contributed by atoms with Gasteiger partial charge in [-0.3, -0.25) is 4.79 Å². The fourth-order valence-corrected chi connectivity index (χ4v) is 1.36. The minimum atomic E-state index is -0.228. The predicted molar refractivity (Wildman–Crippen MR) is 57.7 cm³/mol. The first-order chi connectivity index (χ1) is 7.81. The summed E-state index contributed by atoms with van der Waals surface area (Å²) in [5.41, 5.74) is 0.337. The zero-order valence-corrected chi connectivity index (χ0v) is 8.81. The van der Waals surface area contributed by atoms with Gasteiger partial charge in [0.2, 0.25) is 0 Å². The van der Waals surface area contributed by atoms with Crippen LogP contribution in [0, 0.1) is 12.3 Å². The molecule has 0 radical (unpaired) electrons. The van der Waals surface area contributed by atoms with Gasteiger partial charge in [-0.15, -0.1) is 17.4 Å². The summed E-state index contributed by atoms with van der Waals surface area (Å²) >= 11 is 0. The number of amides is 1. The second-order valence-corrected chi connectivity index (χ2v) is 3.61. The molecule has 6 nitrogen and oxygen atoms in total. The van der Waals surface area contributed by atoms with Crippen LogP contribution in [0.3, 0.4) is 0 Å². The average Bonchev–Trinajstić information content (AvgIpc) is 2.64. The van der Waals surface area contributed by atoms with E-state index in [0.717, 1.165) is 13.1 Å². The third-order valence-electron chi connectivity index (χ3n) is 2.43. The fourth-order valence-electron chi connectivity index (χ4n) is 1.36. The van der Waals surface area contributed by atoms with Gasteiger partial charge in [-0.2, -0.15) is 0 Å². The molecule has 1 aliphatic rings. The lowest BCUT2D eigenvalue weighted by molar-refractivity contribution is 0.0949. The van der Waals surface area contributed by atoms with Crippen molar-refractivity contribution in [3.63, 3.8) is 0 Å². The molecule has 1 aliphatic heterocycles. The first kappa shape index (κ1) is 10.6. The van der Waals surface area contributed by atoms with Crippen molar-refractivity contribution in [3.8, 4) is 12.3 Å². The molecule has 2 N–H and O–H groups in total. The van der Waals surface area contributed by atoms with Crippen LogP contribution in [0.15, 0.2) is 6.20 Å². The first-order valence-electron chi connectivity index (χ1n) is 5.15. The predicted octanol–water partition coefficient (Wildman–Crippen LogP) is -0.824. The van der Waals surface area contributed by atoms with Gasteiger partial charge >= 0.3 is 0 Å². The van der Waals surface area contributed by atoms with Gasteiger partial charge in [0, 0.05) is 26.1 Å². The van der Waals surface area contributed by atoms with Crippen molar-refractivity contribution >= 4 is 5.91 Å². The van der Waals surface area contributed by atoms with Crippen molar-refractivity contribution in [2.75, 3.05) is 19.6 Å². The van der Waals surface area contributed by atoms with E-state index in [1.807, 2.05) is 0 Å². The zero-order chi connectivity index (χ0) is 11.4. The molecule has 0 aliphatic carbocycles. The summed E-state index contributed by atoms with van der Waals surface area (Å²) in [6, 6.07) is 0.319. The number of carbonyl (C=O) groups excluding carboxylic acids is 1. The molecule has 2 rings (SSSR count). The topological polar surface area (TPSA) is 71.8 Å². The normalized spacial score (nSPS) is 15.2. The van der Waals surface area contributed by atoms with E-state index in [9.17, 15) is 4.79 Å². The van der Waals surface area contributed by atoms with E-state index in [-0.39, 0.29) is 5.91 Å². The van der Waals surface area contributed by atoms with Crippen molar-refractivity contribution in [2.45, 2.75) is 12.5 Å². The molecular weight excluding hydrogens is 206 g/mol. The molecule has 0 bridgehead atoms. The van der Waals surface area contributed by atoms with E-state index >= 15 is 0 Å². The van der Waals surface area contributed by atoms with E-state index in [1.165, 1.54) is 0 Å². The zero-order valence-electron chi connectivity index (χ0n) is 8.81. The van der Waals surface area contributed by atoms with Gasteiger partial charge in [-0.25, -0.2) is 4.68 Å². The van der Waals surface area contributed by atoms with Crippen LogP contribution in [0.5, 0.6) is 0 Å². The molecular formula is C10H13N5O. The number of carbonyl (C=O) groups is 1. The molecule has 0 atom stereocenters. The summed E-state index contributed by atoms with van der Waals surface area (Å²) in [7, 11) is 0. The highest BCUT2D eigenvalue weighted by Crippen LogP contribution is 2.09. The Bertz CT molecular complexity index is 415. The standard InChI is InChI=1S/C10H13N5O/c1-2-3-4-12-10(16)9-7-15(14-13-9)8-5-11-6-8/h1,7-8,11H,3-6H2,(H,12,16). The van der Waals surface area contributed by atoms with Crippen molar-refractivity contribution in [2.24, 2.45) is 0 Å². The van der Waals surface area contributed by atoms with Crippen LogP contribution in [-0.4, -0.2) is 40.5 Å². The molecule has 1 amide bonds. The second kappa shape index (κ2) is 4.77. The summed E-state index contributed by atoms with van der Waals surface area (Å²) in [6.07, 6.45) is 7.27. The average molecular weight is 219 g/mol. The molecule has 1 aromatic heterocycles. The third-order valence-corrected chi connectivity index (χ3v) is 2.43. The Morgan fingerprint density at radius 3 is 3.19 bits per heavy atom. The highest BCUT2D eigenvalue weighted by molar-refractivity contribution is 5.91. The van der Waals surface area contributed by atoms with Gasteiger partial charge in [0.15, 0.2) is 5.69 Å². The number of terminal acetylenes is 1. The maximum atomic E-state index is 11.6. The van der Waals surface area contributed by atoms with E-state index in [4.69, 9.17) is 6.42 Å². The van der Waals surface area contributed by atoms with Crippen molar-refractivity contribution < 1.29 is 4.79 Å². The Morgan fingerprint density at radius 1 is 1.75 bits per heavy atom. The molecule has 6 heteroatoms. The van der Waals surface area contributed by atoms with E-state index in [1.54, 1.807) is 10.9 Å². The lowest BCUT2D eigenvalue weighted by atomic mass is 10.2. The minimum Gasteiger partial charge on any atom is -0.350 e. The summed E-state index contributed by atoms with van der Waals surface area (Å²) < 4.78 is 1.71. The number of hydrogen-bond acceptors (Lipinski definition) is 4. The smallest absolute Gasteiger partial charge is 0.273 e. The Kier molecular flexibility index (Phi) is 3.17. The monoisotopic (exact) mass is 219 g/mol. The van der Waals surface area contributed by atoms with Gasteiger partial charge in [-0.05, 0) is 0 Å². The van der Waals surface area contributed by atoms with Crippen LogP contribution in [0.25, 0.3) is 0 Å². The molecule has 1 aromatic rings. The van der Waals surface area contributed by atoms with Gasteiger partial charge in [-0.1, -0.05) is 5.21 Å². The van der Waals surface area contributed by atoms with E-state index < -0.39 is 0 Å². The molecule has 1 saturated heterocycles. The maximum Gasteiger partial charge on any atom is 0.273 e. The van der Waals surface area contributed by atoms with Crippen LogP contribution in [0.2, 0.25) is 0 Å². The molecule has 0 aromatic carbocycles. The van der Waals surface area contributed by atoms with Gasteiger partial charge in [0.25, 0.3) is 5.91 Å². The van der Waals surface area contributed by atoms with Crippen LogP contribution >= 0.6 is 0 Å². The van der Waals surface area contributed by atoms with Crippen molar-refractivity contribution in [1.29, 1.82) is 0 Å². The fraction of sp³-hybridized carbons (Fsp3) is 0.500. The van der Waals surface area contributed by atoms with Crippen molar-refractivity contribution in [3.05, 3.63) is 11.9 Å². The highest BCUT2D eigenvalue weighted by Gasteiger charge is 2.21. The summed E-state index contributed by atoms with van der Waals surface area (Å²) in [5, 5.41) is 13.5. The van der Waals surface area contributed by atoms with Gasteiger partial charge in [0.05, 0.1) is 12.2 Å². The molecule has 0 unspecified atom stereocenters. The van der Waals surface area contributed by atoms with Crippen LogP contribution in [0.1, 0.15) is 23.0 Å². The Hall–Kier alpha value is -1.87. The number of rotatable bonds is 4. The molecule has 2 heterocycles. The summed E-state index contributed by atoms with van der Waals surface area (Å²) in [4.78, 5) is 11.6. The lowest BCUT2D eigenvalue weighted by Gasteiger charge is -2.26. The first-order valence-corrected chi connectivity index (χ1v) is 5.15. The van der Waals surface area contributed by atoms with E-state index in [2.05, 4.69) is 26.9 Å². The number of nitrogens with zero attached hydrogens (tertiary/aromatic N) is 3. The van der Waals surface area contributed by atoms with Crippen LogP contribution in [-0.2, 0) is 0 Å². The molecule has 84 valence electrons. The van der Waals surface area contributed by atoms with Crippen molar-refractivity contribution in [1.82, 2.24) is 25.6 Å². The SMILES string of the molecule is C#CCCNC(=O)c1cn(C2CNC2)nn1. The molecule has 0 saturated carbocycles. The van der Waals surface area contributed by atoms with Crippen LogP contribution in [0.4, 0.5) is 0 Å². The Labute approximate surface area is 93.4 Å². The number of hydrogen-bond donors (Lipinski definition) is 2. The lowest BCUT2D eigenvalue weighted by Crippen LogP contribution is -2.43. The summed E-state index contributed by atoms with van der Waals surface area (Å²) in [6.45, 7) is 2.22. The second-order valence-electron chi connectivity index (χ2n) is 3.61. The third kappa shape index (κ3) is 2.20. The molecule has 1 fully saturated rings. The van der Waals surface area contributed by atoms with E-state index in [0.29, 0.717) is 24.7 Å². The van der Waals surface area contributed by atoms with Gasteiger partial charge < -0.3 is 10.6 Å². The summed E-state index contributed by atoms with van der Waals surface area (Å²) in [5.74, 6) is 2.22. The highest BCUT2D eigenvalue weighted by atomic mass is 16.2. The molecule has 16 heavy (non-hydrogen) atoms.